The van der Waals surface area contributed by atoms with Crippen molar-refractivity contribution in [2.75, 3.05) is 20.0 Å². The Balaban J connectivity index is 1.56. The molecule has 3 aliphatic rings. The molecule has 41 heavy (non-hydrogen) atoms. The maximum atomic E-state index is 11.2. The summed E-state index contributed by atoms with van der Waals surface area (Å²) in [5, 5.41) is 26.3. The monoisotopic (exact) mass is 572 g/mol. The van der Waals surface area contributed by atoms with Crippen LogP contribution in [0.2, 0.25) is 0 Å². The maximum absolute atomic E-state index is 11.2. The number of aliphatic imine (C=N–C) groups is 1. The summed E-state index contributed by atoms with van der Waals surface area (Å²) in [5.41, 5.74) is 2.16. The van der Waals surface area contributed by atoms with Gasteiger partial charge in [-0.05, 0) is 60.2 Å². The van der Waals surface area contributed by atoms with Crippen LogP contribution in [0.3, 0.4) is 0 Å². The standard InChI is InChI=1S/C33H36N2O5S/c1-5-16-41-32-34-29(21-8-12-23(39-4)13-9-21)26-18-19(2)17-25-28(20-6-10-22(38-3)11-7-20)24-14-15-27(36)30(37)31(24)40-33(25,26)35-32/h5-15,19,25-26,28-29,36-37H,1,16-18H2,2-4H3,(H,34,35)/t19-,25+,26-,28+,29-,33+/m0/s1. The van der Waals surface area contributed by atoms with Gasteiger partial charge in [-0.3, -0.25) is 4.99 Å². The lowest BCUT2D eigenvalue weighted by atomic mass is 9.58. The summed E-state index contributed by atoms with van der Waals surface area (Å²) in [6.45, 7) is 6.21. The third kappa shape index (κ3) is 4.68. The number of hydrogen-bond donors (Lipinski definition) is 3. The van der Waals surface area contributed by atoms with Crippen molar-refractivity contribution in [2.24, 2.45) is 22.7 Å². The van der Waals surface area contributed by atoms with Crippen LogP contribution in [0.4, 0.5) is 0 Å². The van der Waals surface area contributed by atoms with Gasteiger partial charge in [0.05, 0.1) is 20.3 Å². The normalized spacial score (nSPS) is 28.1. The zero-order valence-electron chi connectivity index (χ0n) is 23.5. The zero-order valence-corrected chi connectivity index (χ0v) is 24.4. The van der Waals surface area contributed by atoms with Gasteiger partial charge in [-0.1, -0.05) is 55.1 Å². The Morgan fingerprint density at radius 1 is 0.976 bits per heavy atom. The van der Waals surface area contributed by atoms with Crippen molar-refractivity contribution >= 4 is 16.9 Å². The van der Waals surface area contributed by atoms with E-state index in [9.17, 15) is 10.2 Å². The van der Waals surface area contributed by atoms with Crippen molar-refractivity contribution in [1.29, 1.82) is 0 Å². The summed E-state index contributed by atoms with van der Waals surface area (Å²) < 4.78 is 17.9. The summed E-state index contributed by atoms with van der Waals surface area (Å²) in [6.07, 6.45) is 3.66. The fourth-order valence-electron chi connectivity index (χ4n) is 6.97. The predicted molar refractivity (Wildman–Crippen MR) is 162 cm³/mol. The molecule has 1 fully saturated rings. The number of benzene rings is 3. The van der Waals surface area contributed by atoms with Crippen LogP contribution in [0.1, 0.15) is 48.4 Å². The molecule has 0 unspecified atom stereocenters. The molecule has 3 N–H and O–H groups in total. The molecule has 8 heteroatoms. The molecular weight excluding hydrogens is 536 g/mol. The summed E-state index contributed by atoms with van der Waals surface area (Å²) in [7, 11) is 3.33. The lowest BCUT2D eigenvalue weighted by Gasteiger charge is -2.59. The highest BCUT2D eigenvalue weighted by Crippen LogP contribution is 2.61. The van der Waals surface area contributed by atoms with Gasteiger partial charge in [0.2, 0.25) is 5.75 Å². The van der Waals surface area contributed by atoms with Crippen LogP contribution >= 0.6 is 11.8 Å². The molecule has 0 bridgehead atoms. The van der Waals surface area contributed by atoms with E-state index in [-0.39, 0.29) is 35.3 Å². The number of aromatic hydroxyl groups is 2. The van der Waals surface area contributed by atoms with E-state index in [2.05, 4.69) is 43.1 Å². The average molecular weight is 573 g/mol. The van der Waals surface area contributed by atoms with Crippen LogP contribution in [0.5, 0.6) is 28.7 Å². The Morgan fingerprint density at radius 3 is 2.24 bits per heavy atom. The number of nitrogens with one attached hydrogen (secondary N) is 1. The molecule has 2 heterocycles. The van der Waals surface area contributed by atoms with Crippen LogP contribution in [0, 0.1) is 17.8 Å². The molecule has 0 amide bonds. The average Bonchev–Trinajstić information content (AvgIpc) is 3.00. The van der Waals surface area contributed by atoms with Gasteiger partial charge in [0.25, 0.3) is 0 Å². The Kier molecular flexibility index (Phi) is 7.28. The van der Waals surface area contributed by atoms with Crippen molar-refractivity contribution < 1.29 is 24.4 Å². The Bertz CT molecular complexity index is 1460. The third-order valence-electron chi connectivity index (χ3n) is 8.77. The van der Waals surface area contributed by atoms with Gasteiger partial charge in [-0.2, -0.15) is 0 Å². The minimum absolute atomic E-state index is 0.0108. The summed E-state index contributed by atoms with van der Waals surface area (Å²) >= 11 is 1.59. The van der Waals surface area contributed by atoms with Crippen molar-refractivity contribution in [2.45, 2.75) is 37.5 Å². The van der Waals surface area contributed by atoms with Gasteiger partial charge in [-0.15, -0.1) is 6.58 Å². The van der Waals surface area contributed by atoms with E-state index in [0.29, 0.717) is 17.4 Å². The number of ether oxygens (including phenoxy) is 3. The highest BCUT2D eigenvalue weighted by molar-refractivity contribution is 8.13. The second kappa shape index (κ2) is 10.9. The summed E-state index contributed by atoms with van der Waals surface area (Å²) in [5.74, 6) is 2.41. The largest absolute Gasteiger partial charge is 0.504 e. The van der Waals surface area contributed by atoms with Gasteiger partial charge >= 0.3 is 0 Å². The molecule has 2 aliphatic heterocycles. The fourth-order valence-corrected chi connectivity index (χ4v) is 7.67. The Labute approximate surface area is 245 Å². The summed E-state index contributed by atoms with van der Waals surface area (Å²) in [4.78, 5) is 5.24. The van der Waals surface area contributed by atoms with Crippen LogP contribution in [-0.4, -0.2) is 41.1 Å². The second-order valence-electron chi connectivity index (χ2n) is 11.2. The van der Waals surface area contributed by atoms with E-state index in [4.69, 9.17) is 19.2 Å². The van der Waals surface area contributed by atoms with Gasteiger partial charge in [0.1, 0.15) is 11.5 Å². The number of amidine groups is 1. The molecule has 3 aromatic carbocycles. The lowest BCUT2D eigenvalue weighted by Crippen LogP contribution is -2.70. The minimum Gasteiger partial charge on any atom is -0.504 e. The number of phenolic OH excluding ortho intramolecular Hbond substituents is 2. The van der Waals surface area contributed by atoms with Gasteiger partial charge < -0.3 is 29.7 Å². The van der Waals surface area contributed by atoms with E-state index < -0.39 is 5.72 Å². The van der Waals surface area contributed by atoms with E-state index in [0.717, 1.165) is 46.2 Å². The molecule has 6 rings (SSSR count). The van der Waals surface area contributed by atoms with E-state index >= 15 is 0 Å². The lowest BCUT2D eigenvalue weighted by molar-refractivity contribution is -0.127. The molecule has 1 saturated carbocycles. The molecule has 0 saturated heterocycles. The smallest absolute Gasteiger partial charge is 0.200 e. The first-order valence-electron chi connectivity index (χ1n) is 14.0. The third-order valence-corrected chi connectivity index (χ3v) is 9.66. The zero-order chi connectivity index (χ0) is 28.7. The molecule has 7 nitrogen and oxygen atoms in total. The van der Waals surface area contributed by atoms with E-state index in [1.807, 2.05) is 36.4 Å². The fraction of sp³-hybridized carbons (Fsp3) is 0.364. The number of phenols is 2. The van der Waals surface area contributed by atoms with E-state index in [1.54, 1.807) is 32.0 Å². The summed E-state index contributed by atoms with van der Waals surface area (Å²) in [6, 6.07) is 19.5. The topological polar surface area (TPSA) is 92.5 Å². The number of rotatable bonds is 6. The van der Waals surface area contributed by atoms with Gasteiger partial charge in [0.15, 0.2) is 22.4 Å². The molecular formula is C33H36N2O5S. The van der Waals surface area contributed by atoms with E-state index in [1.165, 1.54) is 0 Å². The molecule has 0 radical (unpaired) electrons. The number of nitrogens with zero attached hydrogens (tertiary/aromatic N) is 1. The Morgan fingerprint density at radius 2 is 1.61 bits per heavy atom. The Hall–Kier alpha value is -3.78. The molecule has 3 aromatic rings. The van der Waals surface area contributed by atoms with Crippen LogP contribution in [-0.2, 0) is 0 Å². The minimum atomic E-state index is -0.884. The van der Waals surface area contributed by atoms with Crippen LogP contribution in [0.25, 0.3) is 0 Å². The highest BCUT2D eigenvalue weighted by Gasteiger charge is 2.62. The van der Waals surface area contributed by atoms with Gasteiger partial charge in [0, 0.05) is 29.1 Å². The highest BCUT2D eigenvalue weighted by atomic mass is 32.2. The van der Waals surface area contributed by atoms with Crippen molar-refractivity contribution in [3.63, 3.8) is 0 Å². The first-order chi connectivity index (χ1) is 19.9. The molecule has 0 aromatic heterocycles. The van der Waals surface area contributed by atoms with Crippen molar-refractivity contribution in [1.82, 2.24) is 5.32 Å². The van der Waals surface area contributed by atoms with Crippen LogP contribution < -0.4 is 19.5 Å². The van der Waals surface area contributed by atoms with Crippen molar-refractivity contribution in [3.8, 4) is 28.7 Å². The number of fused-ring (bicyclic) bond motifs is 1. The molecule has 1 aliphatic carbocycles. The maximum Gasteiger partial charge on any atom is 0.200 e. The quantitative estimate of drug-likeness (QED) is 0.226. The first-order valence-corrected chi connectivity index (χ1v) is 15.0. The van der Waals surface area contributed by atoms with Gasteiger partial charge in [-0.25, -0.2) is 0 Å². The number of methoxy groups -OCH3 is 2. The van der Waals surface area contributed by atoms with Crippen LogP contribution in [0.15, 0.2) is 78.3 Å². The molecule has 6 atom stereocenters. The molecule has 1 spiro atoms. The predicted octanol–water partition coefficient (Wildman–Crippen LogP) is 6.62. The molecule has 214 valence electrons. The SMILES string of the molecule is C=CCSC1=N[C@@H](c2ccc(OC)cc2)[C@@H]2C[C@@H](C)C[C@@H]3[C@H](c4ccc(OC)cc4)c4ccc(O)c(O)c4O[C@]32N1. The number of thioether (sulfide) groups is 1. The first kappa shape index (κ1) is 27.4. The number of hydrogen-bond acceptors (Lipinski definition) is 8. The van der Waals surface area contributed by atoms with Crippen molar-refractivity contribution in [3.05, 3.63) is 90.0 Å². The second-order valence-corrected chi connectivity index (χ2v) is 12.2.